The third kappa shape index (κ3) is 6.29. The van der Waals surface area contributed by atoms with E-state index in [1.165, 1.54) is 0 Å². The molecule has 0 fully saturated rings. The van der Waals surface area contributed by atoms with Gasteiger partial charge in [0.05, 0.1) is 0 Å². The Morgan fingerprint density at radius 1 is 1.33 bits per heavy atom. The van der Waals surface area contributed by atoms with E-state index in [-0.39, 0.29) is 18.2 Å². The average molecular weight is 356 g/mol. The molecule has 116 valence electrons. The quantitative estimate of drug-likeness (QED) is 0.784. The fourth-order valence-corrected chi connectivity index (χ4v) is 2.84. The van der Waals surface area contributed by atoms with E-state index in [9.17, 15) is 9.59 Å². The Bertz CT molecular complexity index is 514. The summed E-state index contributed by atoms with van der Waals surface area (Å²) in [6.45, 7) is 6.37. The number of carbonyl (C=O) groups excluding carboxylic acids is 1. The predicted molar refractivity (Wildman–Crippen MR) is 86.4 cm³/mol. The zero-order valence-corrected chi connectivity index (χ0v) is 14.2. The number of rotatable bonds is 7. The highest BCUT2D eigenvalue weighted by Gasteiger charge is 2.17. The van der Waals surface area contributed by atoms with Crippen LogP contribution in [0.5, 0.6) is 0 Å². The summed E-state index contributed by atoms with van der Waals surface area (Å²) in [4.78, 5) is 23.1. The molecule has 0 bridgehead atoms. The second-order valence-corrected chi connectivity index (χ2v) is 6.68. The molecule has 0 saturated heterocycles. The Morgan fingerprint density at radius 3 is 2.52 bits per heavy atom. The van der Waals surface area contributed by atoms with Crippen LogP contribution < -0.4 is 5.32 Å². The number of carboxylic acids is 1. The molecular weight excluding hydrogens is 334 g/mol. The monoisotopic (exact) mass is 355 g/mol. The van der Waals surface area contributed by atoms with Gasteiger partial charge in [-0.3, -0.25) is 9.59 Å². The van der Waals surface area contributed by atoms with Crippen LogP contribution in [-0.4, -0.2) is 23.5 Å². The van der Waals surface area contributed by atoms with Crippen LogP contribution in [0.3, 0.4) is 0 Å². The van der Waals surface area contributed by atoms with Crippen LogP contribution in [0.4, 0.5) is 0 Å². The average Bonchev–Trinajstić information content (AvgIpc) is 2.34. The summed E-state index contributed by atoms with van der Waals surface area (Å²) in [5.74, 6) is -0.614. The molecule has 2 N–H and O–H groups in total. The fourth-order valence-electron chi connectivity index (χ4n) is 2.37. The summed E-state index contributed by atoms with van der Waals surface area (Å²) in [7, 11) is 0. The molecule has 0 saturated carbocycles. The first-order valence-corrected chi connectivity index (χ1v) is 7.85. The van der Waals surface area contributed by atoms with Crippen LogP contribution in [0.1, 0.15) is 42.6 Å². The minimum atomic E-state index is -0.824. The molecule has 0 aliphatic carbocycles. The molecule has 1 atom stereocenters. The highest BCUT2D eigenvalue weighted by molar-refractivity contribution is 9.10. The Balaban J connectivity index is 2.65. The highest BCUT2D eigenvalue weighted by atomic mass is 79.9. The van der Waals surface area contributed by atoms with Gasteiger partial charge in [-0.05, 0) is 48.9 Å². The van der Waals surface area contributed by atoms with E-state index in [2.05, 4.69) is 35.1 Å². The Morgan fingerprint density at radius 2 is 2.00 bits per heavy atom. The van der Waals surface area contributed by atoms with Crippen molar-refractivity contribution in [3.8, 4) is 0 Å². The Kier molecular flexibility index (Phi) is 6.89. The van der Waals surface area contributed by atoms with E-state index in [4.69, 9.17) is 5.11 Å². The van der Waals surface area contributed by atoms with Gasteiger partial charge in [0.1, 0.15) is 0 Å². The van der Waals surface area contributed by atoms with E-state index in [0.717, 1.165) is 16.5 Å². The summed E-state index contributed by atoms with van der Waals surface area (Å²) >= 11 is 3.36. The van der Waals surface area contributed by atoms with Gasteiger partial charge in [-0.15, -0.1) is 0 Å². The number of nitrogens with one attached hydrogen (secondary N) is 1. The number of hydrogen-bond acceptors (Lipinski definition) is 2. The van der Waals surface area contributed by atoms with E-state index < -0.39 is 5.97 Å². The number of carbonyl (C=O) groups is 2. The summed E-state index contributed by atoms with van der Waals surface area (Å²) in [6, 6.07) is 5.48. The maximum absolute atomic E-state index is 12.2. The molecule has 0 spiro atoms. The third-order valence-electron chi connectivity index (χ3n) is 3.25. The van der Waals surface area contributed by atoms with Crippen molar-refractivity contribution >= 4 is 27.8 Å². The second kappa shape index (κ2) is 8.17. The van der Waals surface area contributed by atoms with E-state index in [1.807, 2.05) is 19.1 Å². The number of aryl methyl sites for hydroxylation is 1. The smallest absolute Gasteiger partial charge is 0.303 e. The first-order valence-electron chi connectivity index (χ1n) is 7.05. The van der Waals surface area contributed by atoms with Crippen molar-refractivity contribution in [3.05, 3.63) is 33.8 Å². The lowest BCUT2D eigenvalue weighted by atomic mass is 9.94. The van der Waals surface area contributed by atoms with E-state index in [0.29, 0.717) is 18.0 Å². The normalized spacial score (nSPS) is 12.2. The first-order chi connectivity index (χ1) is 9.79. The Labute approximate surface area is 134 Å². The van der Waals surface area contributed by atoms with Crippen LogP contribution in [0.15, 0.2) is 22.7 Å². The van der Waals surface area contributed by atoms with Gasteiger partial charge in [-0.25, -0.2) is 0 Å². The molecule has 0 aliphatic rings. The molecule has 4 nitrogen and oxygen atoms in total. The SMILES string of the molecule is Cc1cc(Br)ccc1C(=O)NC[C@H](CC(=O)O)CC(C)C. The molecule has 0 aliphatic heterocycles. The first kappa shape index (κ1) is 17.7. The van der Waals surface area contributed by atoms with Crippen molar-refractivity contribution in [1.82, 2.24) is 5.32 Å². The number of benzene rings is 1. The molecule has 1 amide bonds. The summed E-state index contributed by atoms with van der Waals surface area (Å²) in [5, 5.41) is 11.8. The third-order valence-corrected chi connectivity index (χ3v) is 3.75. The van der Waals surface area contributed by atoms with Crippen molar-refractivity contribution in [2.45, 2.75) is 33.6 Å². The van der Waals surface area contributed by atoms with Crippen LogP contribution >= 0.6 is 15.9 Å². The van der Waals surface area contributed by atoms with Gasteiger partial charge in [0.15, 0.2) is 0 Å². The fraction of sp³-hybridized carbons (Fsp3) is 0.500. The zero-order valence-electron chi connectivity index (χ0n) is 12.6. The van der Waals surface area contributed by atoms with Crippen LogP contribution in [0.2, 0.25) is 0 Å². The van der Waals surface area contributed by atoms with Crippen molar-refractivity contribution < 1.29 is 14.7 Å². The lowest BCUT2D eigenvalue weighted by molar-refractivity contribution is -0.138. The topological polar surface area (TPSA) is 66.4 Å². The van der Waals surface area contributed by atoms with Gasteiger partial charge in [0, 0.05) is 23.0 Å². The van der Waals surface area contributed by atoms with Gasteiger partial charge in [-0.1, -0.05) is 29.8 Å². The van der Waals surface area contributed by atoms with Gasteiger partial charge in [0.2, 0.25) is 0 Å². The summed E-state index contributed by atoms with van der Waals surface area (Å²) in [5.41, 5.74) is 1.51. The van der Waals surface area contributed by atoms with E-state index >= 15 is 0 Å². The van der Waals surface area contributed by atoms with Crippen molar-refractivity contribution in [3.63, 3.8) is 0 Å². The summed E-state index contributed by atoms with van der Waals surface area (Å²) < 4.78 is 0.931. The van der Waals surface area contributed by atoms with Crippen molar-refractivity contribution in [2.24, 2.45) is 11.8 Å². The number of halogens is 1. The molecule has 0 radical (unpaired) electrons. The molecule has 1 rings (SSSR count). The van der Waals surface area contributed by atoms with Gasteiger partial charge >= 0.3 is 5.97 Å². The predicted octanol–water partition coefficient (Wildman–Crippen LogP) is 3.62. The van der Waals surface area contributed by atoms with Crippen LogP contribution in [0.25, 0.3) is 0 Å². The zero-order chi connectivity index (χ0) is 16.0. The summed E-state index contributed by atoms with van der Waals surface area (Å²) in [6.07, 6.45) is 0.865. The van der Waals surface area contributed by atoms with Crippen LogP contribution in [0, 0.1) is 18.8 Å². The molecule has 0 aromatic heterocycles. The molecule has 21 heavy (non-hydrogen) atoms. The number of carboxylic acid groups (broad SMARTS) is 1. The highest BCUT2D eigenvalue weighted by Crippen LogP contribution is 2.17. The number of hydrogen-bond donors (Lipinski definition) is 2. The number of aliphatic carboxylic acids is 1. The Hall–Kier alpha value is -1.36. The largest absolute Gasteiger partial charge is 0.481 e. The second-order valence-electron chi connectivity index (χ2n) is 5.76. The van der Waals surface area contributed by atoms with Gasteiger partial charge in [0.25, 0.3) is 5.91 Å². The van der Waals surface area contributed by atoms with E-state index in [1.54, 1.807) is 6.07 Å². The minimum absolute atomic E-state index is 0.0396. The maximum atomic E-state index is 12.2. The molecule has 5 heteroatoms. The maximum Gasteiger partial charge on any atom is 0.303 e. The van der Waals surface area contributed by atoms with Crippen molar-refractivity contribution in [2.75, 3.05) is 6.54 Å². The van der Waals surface area contributed by atoms with Crippen LogP contribution in [-0.2, 0) is 4.79 Å². The van der Waals surface area contributed by atoms with Crippen molar-refractivity contribution in [1.29, 1.82) is 0 Å². The minimum Gasteiger partial charge on any atom is -0.481 e. The lowest BCUT2D eigenvalue weighted by Crippen LogP contribution is -2.31. The molecule has 1 aromatic rings. The van der Waals surface area contributed by atoms with Gasteiger partial charge < -0.3 is 10.4 Å². The molecule has 1 aromatic carbocycles. The number of amides is 1. The molecular formula is C16H22BrNO3. The lowest BCUT2D eigenvalue weighted by Gasteiger charge is -2.18. The molecule has 0 heterocycles. The van der Waals surface area contributed by atoms with Gasteiger partial charge in [-0.2, -0.15) is 0 Å². The molecule has 0 unspecified atom stereocenters. The standard InChI is InChI=1S/C16H22BrNO3/c1-10(2)6-12(8-15(19)20)9-18-16(21)14-5-4-13(17)7-11(14)3/h4-5,7,10,12H,6,8-9H2,1-3H3,(H,18,21)(H,19,20)/t12-/m0/s1.